The van der Waals surface area contributed by atoms with Crippen LogP contribution in [0, 0.1) is 6.92 Å². The van der Waals surface area contributed by atoms with Crippen LogP contribution in [0.4, 0.5) is 11.5 Å². The maximum Gasteiger partial charge on any atom is 0.247 e. The van der Waals surface area contributed by atoms with E-state index in [9.17, 15) is 4.79 Å². The Morgan fingerprint density at radius 2 is 2.00 bits per heavy atom. The third-order valence-corrected chi connectivity index (χ3v) is 4.14. The van der Waals surface area contributed by atoms with E-state index < -0.39 is 5.91 Å². The van der Waals surface area contributed by atoms with E-state index in [4.69, 9.17) is 9.94 Å². The summed E-state index contributed by atoms with van der Waals surface area (Å²) in [6, 6.07) is 13.4. The van der Waals surface area contributed by atoms with Crippen molar-refractivity contribution in [1.29, 1.82) is 0 Å². The van der Waals surface area contributed by atoms with E-state index >= 15 is 0 Å². The maximum absolute atomic E-state index is 11.6. The average molecular weight is 352 g/mol. The van der Waals surface area contributed by atoms with Gasteiger partial charge in [0.05, 0.1) is 19.0 Å². The first-order valence-corrected chi connectivity index (χ1v) is 8.10. The van der Waals surface area contributed by atoms with Gasteiger partial charge in [0.1, 0.15) is 17.4 Å². The van der Waals surface area contributed by atoms with Crippen molar-refractivity contribution < 1.29 is 14.7 Å². The summed E-state index contributed by atoms with van der Waals surface area (Å²) in [5.74, 6) is 1.52. The van der Waals surface area contributed by atoms with E-state index in [2.05, 4.69) is 9.97 Å². The molecule has 0 aliphatic heterocycles. The molecular weight excluding hydrogens is 332 g/mol. The summed E-state index contributed by atoms with van der Waals surface area (Å²) in [6.07, 6.45) is 0.00486. The van der Waals surface area contributed by atoms with Crippen molar-refractivity contribution in [1.82, 2.24) is 15.4 Å². The van der Waals surface area contributed by atoms with E-state index in [0.29, 0.717) is 17.1 Å². The summed E-state index contributed by atoms with van der Waals surface area (Å²) in [5, 5.41) is 9.73. The van der Waals surface area contributed by atoms with E-state index in [1.807, 2.05) is 55.3 Å². The number of nitrogens with zero attached hydrogens (tertiary/aromatic N) is 3. The van der Waals surface area contributed by atoms with Gasteiger partial charge >= 0.3 is 0 Å². The molecule has 0 saturated heterocycles. The summed E-state index contributed by atoms with van der Waals surface area (Å²) >= 11 is 0. The molecule has 1 aromatic heterocycles. The van der Waals surface area contributed by atoms with Crippen LogP contribution < -0.4 is 15.1 Å². The molecular formula is C19H20N4O3. The Morgan fingerprint density at radius 3 is 2.73 bits per heavy atom. The molecule has 134 valence electrons. The molecule has 0 radical (unpaired) electrons. The Balaban J connectivity index is 2.07. The number of amides is 1. The van der Waals surface area contributed by atoms with Gasteiger partial charge < -0.3 is 9.64 Å². The molecule has 7 heteroatoms. The van der Waals surface area contributed by atoms with Crippen molar-refractivity contribution >= 4 is 28.3 Å². The van der Waals surface area contributed by atoms with Crippen LogP contribution in [0.1, 0.15) is 11.4 Å². The summed E-state index contributed by atoms with van der Waals surface area (Å²) in [6.45, 7) is 1.86. The van der Waals surface area contributed by atoms with E-state index in [1.165, 1.54) is 0 Å². The number of anilines is 2. The highest BCUT2D eigenvalue weighted by molar-refractivity contribution is 5.91. The molecule has 0 atom stereocenters. The van der Waals surface area contributed by atoms with Crippen molar-refractivity contribution in [3.63, 3.8) is 0 Å². The standard InChI is InChI=1S/C19H20N4O3/c1-12-20-16-7-5-4-6-15(16)19(21-12)23(2)14-8-9-17(26-3)13(10-14)11-18(24)22-25/h4-10,25H,11H2,1-3H3,(H,22,24). The summed E-state index contributed by atoms with van der Waals surface area (Å²) < 4.78 is 5.31. The third kappa shape index (κ3) is 3.43. The van der Waals surface area contributed by atoms with Crippen LogP contribution in [-0.2, 0) is 11.2 Å². The lowest BCUT2D eigenvalue weighted by atomic mass is 10.1. The minimum atomic E-state index is -0.508. The highest BCUT2D eigenvalue weighted by Crippen LogP contribution is 2.31. The molecule has 0 saturated carbocycles. The average Bonchev–Trinajstić information content (AvgIpc) is 2.66. The molecule has 1 heterocycles. The summed E-state index contributed by atoms with van der Waals surface area (Å²) in [5.41, 5.74) is 4.03. The molecule has 1 amide bonds. The first kappa shape index (κ1) is 17.6. The van der Waals surface area contributed by atoms with Gasteiger partial charge in [-0.3, -0.25) is 10.0 Å². The number of hydroxylamine groups is 1. The second-order valence-corrected chi connectivity index (χ2v) is 5.88. The fourth-order valence-electron chi connectivity index (χ4n) is 2.88. The van der Waals surface area contributed by atoms with Gasteiger partial charge in [0.25, 0.3) is 0 Å². The van der Waals surface area contributed by atoms with E-state index in [1.54, 1.807) is 18.7 Å². The van der Waals surface area contributed by atoms with E-state index in [-0.39, 0.29) is 6.42 Å². The number of carbonyl (C=O) groups excluding carboxylic acids is 1. The Kier molecular flexibility index (Phi) is 4.99. The quantitative estimate of drug-likeness (QED) is 0.542. The summed E-state index contributed by atoms with van der Waals surface area (Å²) in [7, 11) is 3.45. The van der Waals surface area contributed by atoms with Crippen LogP contribution in [0.3, 0.4) is 0 Å². The number of methoxy groups -OCH3 is 1. The van der Waals surface area contributed by atoms with Crippen molar-refractivity contribution in [3.05, 3.63) is 53.9 Å². The molecule has 2 N–H and O–H groups in total. The fourth-order valence-corrected chi connectivity index (χ4v) is 2.88. The number of aromatic nitrogens is 2. The van der Waals surface area contributed by atoms with Crippen LogP contribution in [0.5, 0.6) is 5.75 Å². The highest BCUT2D eigenvalue weighted by atomic mass is 16.5. The molecule has 26 heavy (non-hydrogen) atoms. The van der Waals surface area contributed by atoms with Gasteiger partial charge in [-0.2, -0.15) is 0 Å². The molecule has 0 bridgehead atoms. The molecule has 0 fully saturated rings. The molecule has 0 aliphatic rings. The number of benzene rings is 2. The lowest BCUT2D eigenvalue weighted by molar-refractivity contribution is -0.128. The smallest absolute Gasteiger partial charge is 0.247 e. The minimum Gasteiger partial charge on any atom is -0.496 e. The first-order chi connectivity index (χ1) is 12.5. The van der Waals surface area contributed by atoms with E-state index in [0.717, 1.165) is 22.4 Å². The molecule has 0 spiro atoms. The van der Waals surface area contributed by atoms with Gasteiger partial charge in [-0.05, 0) is 37.3 Å². The lowest BCUT2D eigenvalue weighted by Gasteiger charge is -2.22. The van der Waals surface area contributed by atoms with Gasteiger partial charge in [-0.25, -0.2) is 15.4 Å². The number of fused-ring (bicyclic) bond motifs is 1. The number of carbonyl (C=O) groups is 1. The minimum absolute atomic E-state index is 0.00486. The zero-order valence-electron chi connectivity index (χ0n) is 14.9. The zero-order valence-corrected chi connectivity index (χ0v) is 14.9. The van der Waals surface area contributed by atoms with Crippen molar-refractivity contribution in [3.8, 4) is 5.75 Å². The molecule has 0 unspecified atom stereocenters. The predicted molar refractivity (Wildman–Crippen MR) is 99.0 cm³/mol. The number of ether oxygens (including phenoxy) is 1. The SMILES string of the molecule is COc1ccc(N(C)c2nc(C)nc3ccccc23)cc1CC(=O)NO. The highest BCUT2D eigenvalue weighted by Gasteiger charge is 2.15. The lowest BCUT2D eigenvalue weighted by Crippen LogP contribution is -2.21. The van der Waals surface area contributed by atoms with Gasteiger partial charge in [-0.15, -0.1) is 0 Å². The monoisotopic (exact) mass is 352 g/mol. The number of para-hydroxylation sites is 1. The van der Waals surface area contributed by atoms with Crippen molar-refractivity contribution in [2.75, 3.05) is 19.1 Å². The molecule has 7 nitrogen and oxygen atoms in total. The Morgan fingerprint density at radius 1 is 1.23 bits per heavy atom. The van der Waals surface area contributed by atoms with Crippen LogP contribution in [0.25, 0.3) is 10.9 Å². The Bertz CT molecular complexity index is 959. The summed E-state index contributed by atoms with van der Waals surface area (Å²) in [4.78, 5) is 22.6. The topological polar surface area (TPSA) is 87.6 Å². The van der Waals surface area contributed by atoms with Crippen molar-refractivity contribution in [2.24, 2.45) is 0 Å². The second-order valence-electron chi connectivity index (χ2n) is 5.88. The third-order valence-electron chi connectivity index (χ3n) is 4.14. The molecule has 2 aromatic carbocycles. The number of hydrogen-bond acceptors (Lipinski definition) is 6. The fraction of sp³-hybridized carbons (Fsp3) is 0.211. The predicted octanol–water partition coefficient (Wildman–Crippen LogP) is 2.76. The zero-order chi connectivity index (χ0) is 18.7. The van der Waals surface area contributed by atoms with Gasteiger partial charge in [0.2, 0.25) is 5.91 Å². The molecule has 3 rings (SSSR count). The van der Waals surface area contributed by atoms with Gasteiger partial charge in [0, 0.05) is 23.7 Å². The number of rotatable bonds is 5. The van der Waals surface area contributed by atoms with Gasteiger partial charge in [-0.1, -0.05) is 12.1 Å². The van der Waals surface area contributed by atoms with Crippen LogP contribution in [-0.4, -0.2) is 35.2 Å². The van der Waals surface area contributed by atoms with Crippen molar-refractivity contribution in [2.45, 2.75) is 13.3 Å². The normalized spacial score (nSPS) is 10.6. The van der Waals surface area contributed by atoms with Crippen LogP contribution >= 0.6 is 0 Å². The maximum atomic E-state index is 11.6. The Hall–Kier alpha value is -3.19. The largest absolute Gasteiger partial charge is 0.496 e. The van der Waals surface area contributed by atoms with Crippen LogP contribution in [0.15, 0.2) is 42.5 Å². The number of hydrogen-bond donors (Lipinski definition) is 2. The van der Waals surface area contributed by atoms with Gasteiger partial charge in [0.15, 0.2) is 0 Å². The first-order valence-electron chi connectivity index (χ1n) is 8.10. The molecule has 3 aromatic rings. The van der Waals surface area contributed by atoms with Crippen LogP contribution in [0.2, 0.25) is 0 Å². The number of aryl methyl sites for hydroxylation is 1. The number of nitrogens with one attached hydrogen (secondary N) is 1. The molecule has 0 aliphatic carbocycles. The second kappa shape index (κ2) is 7.37. The Labute approximate surface area is 151 Å².